The molecule has 0 radical (unpaired) electrons. The molecule has 0 aliphatic heterocycles. The third kappa shape index (κ3) is 2.36. The Balaban J connectivity index is 1.74. The molecule has 104 valence electrons. The van der Waals surface area contributed by atoms with E-state index in [-0.39, 0.29) is 17.5 Å². The summed E-state index contributed by atoms with van der Waals surface area (Å²) in [6.45, 7) is 0. The molecule has 0 spiro atoms. The highest BCUT2D eigenvalue weighted by molar-refractivity contribution is 5.93. The number of hydrogen-bond donors (Lipinski definition) is 1. The Morgan fingerprint density at radius 3 is 3.15 bits per heavy atom. The van der Waals surface area contributed by atoms with Crippen molar-refractivity contribution in [3.63, 3.8) is 0 Å². The number of nitrogens with zero attached hydrogens (tertiary/aromatic N) is 2. The van der Waals surface area contributed by atoms with Crippen molar-refractivity contribution in [1.29, 1.82) is 0 Å². The molecule has 2 aromatic heterocycles. The molecule has 2 heterocycles. The zero-order valence-electron chi connectivity index (χ0n) is 11.1. The van der Waals surface area contributed by atoms with E-state index in [1.54, 1.807) is 19.2 Å². The molecule has 6 heteroatoms. The number of hydrogen-bond acceptors (Lipinski definition) is 4. The molecular formula is C14H15N3O3. The Morgan fingerprint density at radius 2 is 2.40 bits per heavy atom. The van der Waals surface area contributed by atoms with Gasteiger partial charge < -0.3 is 9.73 Å². The number of aryl methyl sites for hydroxylation is 2. The van der Waals surface area contributed by atoms with Crippen LogP contribution in [0.5, 0.6) is 0 Å². The van der Waals surface area contributed by atoms with Crippen LogP contribution in [0.4, 0.5) is 0 Å². The van der Waals surface area contributed by atoms with Crippen LogP contribution in [0.25, 0.3) is 0 Å². The van der Waals surface area contributed by atoms with E-state index < -0.39 is 0 Å². The number of nitrogens with one attached hydrogen (secondary N) is 1. The van der Waals surface area contributed by atoms with Gasteiger partial charge in [0.15, 0.2) is 0 Å². The minimum atomic E-state index is -0.149. The minimum absolute atomic E-state index is 0.0267. The van der Waals surface area contributed by atoms with Crippen molar-refractivity contribution in [2.45, 2.75) is 25.3 Å². The van der Waals surface area contributed by atoms with Gasteiger partial charge in [-0.25, -0.2) is 4.68 Å². The third-order valence-corrected chi connectivity index (χ3v) is 3.57. The summed E-state index contributed by atoms with van der Waals surface area (Å²) in [6, 6.07) is 3.26. The second-order valence-corrected chi connectivity index (χ2v) is 5.00. The highest BCUT2D eigenvalue weighted by atomic mass is 16.3. The maximum absolute atomic E-state index is 12.0. The molecule has 1 aliphatic carbocycles. The SMILES string of the molecule is Cn1nc2c(cc1=O)C[C@H](NC(=O)c1ccoc1)CC2. The van der Waals surface area contributed by atoms with E-state index in [1.165, 1.54) is 17.2 Å². The molecular weight excluding hydrogens is 258 g/mol. The Labute approximate surface area is 115 Å². The molecule has 0 unspecified atom stereocenters. The van der Waals surface area contributed by atoms with Crippen LogP contribution in [-0.4, -0.2) is 21.7 Å². The van der Waals surface area contributed by atoms with E-state index in [0.29, 0.717) is 12.0 Å². The van der Waals surface area contributed by atoms with Gasteiger partial charge in [-0.3, -0.25) is 9.59 Å². The lowest BCUT2D eigenvalue weighted by Crippen LogP contribution is -2.40. The van der Waals surface area contributed by atoms with Gasteiger partial charge in [0.1, 0.15) is 6.26 Å². The molecule has 3 rings (SSSR count). The number of furan rings is 1. The summed E-state index contributed by atoms with van der Waals surface area (Å²) in [6.07, 6.45) is 5.12. The van der Waals surface area contributed by atoms with Crippen LogP contribution in [0.3, 0.4) is 0 Å². The van der Waals surface area contributed by atoms with E-state index in [0.717, 1.165) is 24.1 Å². The number of fused-ring (bicyclic) bond motifs is 1. The highest BCUT2D eigenvalue weighted by Gasteiger charge is 2.22. The van der Waals surface area contributed by atoms with Gasteiger partial charge in [0, 0.05) is 19.2 Å². The molecule has 1 amide bonds. The van der Waals surface area contributed by atoms with Crippen molar-refractivity contribution < 1.29 is 9.21 Å². The van der Waals surface area contributed by atoms with E-state index in [2.05, 4.69) is 10.4 Å². The first-order valence-electron chi connectivity index (χ1n) is 6.52. The molecule has 1 aliphatic rings. The summed E-state index contributed by atoms with van der Waals surface area (Å²) in [5.41, 5.74) is 2.27. The second kappa shape index (κ2) is 4.96. The van der Waals surface area contributed by atoms with Crippen molar-refractivity contribution in [3.05, 3.63) is 51.8 Å². The summed E-state index contributed by atoms with van der Waals surface area (Å²) < 4.78 is 6.25. The van der Waals surface area contributed by atoms with Crippen LogP contribution in [0.1, 0.15) is 28.0 Å². The summed E-state index contributed by atoms with van der Waals surface area (Å²) in [5.74, 6) is -0.149. The van der Waals surface area contributed by atoms with Crippen LogP contribution in [0, 0.1) is 0 Å². The largest absolute Gasteiger partial charge is 0.472 e. The van der Waals surface area contributed by atoms with E-state index in [9.17, 15) is 9.59 Å². The highest BCUT2D eigenvalue weighted by Crippen LogP contribution is 2.18. The van der Waals surface area contributed by atoms with Crippen molar-refractivity contribution in [3.8, 4) is 0 Å². The van der Waals surface area contributed by atoms with Crippen molar-refractivity contribution in [2.24, 2.45) is 7.05 Å². The van der Waals surface area contributed by atoms with Gasteiger partial charge in [0.05, 0.1) is 17.5 Å². The molecule has 1 atom stereocenters. The average Bonchev–Trinajstić information content (AvgIpc) is 2.94. The fourth-order valence-electron chi connectivity index (χ4n) is 2.47. The van der Waals surface area contributed by atoms with Gasteiger partial charge in [0.2, 0.25) is 0 Å². The fourth-order valence-corrected chi connectivity index (χ4v) is 2.47. The van der Waals surface area contributed by atoms with E-state index in [1.807, 2.05) is 0 Å². The van der Waals surface area contributed by atoms with Gasteiger partial charge in [-0.1, -0.05) is 0 Å². The summed E-state index contributed by atoms with van der Waals surface area (Å²) in [5, 5.41) is 7.21. The molecule has 0 saturated carbocycles. The number of rotatable bonds is 2. The topological polar surface area (TPSA) is 77.1 Å². The van der Waals surface area contributed by atoms with Gasteiger partial charge in [-0.2, -0.15) is 5.10 Å². The molecule has 6 nitrogen and oxygen atoms in total. The summed E-state index contributed by atoms with van der Waals surface area (Å²) >= 11 is 0. The number of amides is 1. The molecule has 2 aromatic rings. The normalized spacial score (nSPS) is 17.6. The minimum Gasteiger partial charge on any atom is -0.472 e. The molecule has 0 bridgehead atoms. The zero-order valence-corrected chi connectivity index (χ0v) is 11.1. The van der Waals surface area contributed by atoms with Crippen LogP contribution in [0.2, 0.25) is 0 Å². The first kappa shape index (κ1) is 12.7. The number of carbonyl (C=O) groups is 1. The predicted octanol–water partition coefficient (Wildman–Crippen LogP) is 0.661. The van der Waals surface area contributed by atoms with Crippen LogP contribution >= 0.6 is 0 Å². The smallest absolute Gasteiger partial charge is 0.266 e. The quantitative estimate of drug-likeness (QED) is 0.872. The Kier molecular flexibility index (Phi) is 3.14. The first-order valence-corrected chi connectivity index (χ1v) is 6.52. The first-order chi connectivity index (χ1) is 9.63. The lowest BCUT2D eigenvalue weighted by molar-refractivity contribution is 0.0933. The van der Waals surface area contributed by atoms with Crippen molar-refractivity contribution in [2.75, 3.05) is 0 Å². The maximum Gasteiger partial charge on any atom is 0.266 e. The Hall–Kier alpha value is -2.37. The standard InChI is InChI=1S/C14H15N3O3/c1-17-13(18)7-10-6-11(2-3-12(10)16-17)15-14(19)9-4-5-20-8-9/h4-5,7-8,11H,2-3,6H2,1H3,(H,15,19)/t11-/m1/s1. The van der Waals surface area contributed by atoms with Crippen molar-refractivity contribution in [1.82, 2.24) is 15.1 Å². The summed E-state index contributed by atoms with van der Waals surface area (Å²) in [7, 11) is 1.65. The van der Waals surface area contributed by atoms with Gasteiger partial charge in [-0.05, 0) is 30.9 Å². The van der Waals surface area contributed by atoms with Crippen LogP contribution in [0.15, 0.2) is 33.9 Å². The van der Waals surface area contributed by atoms with Gasteiger partial charge in [0.25, 0.3) is 11.5 Å². The predicted molar refractivity (Wildman–Crippen MR) is 71.5 cm³/mol. The Bertz CT molecular complexity index is 688. The monoisotopic (exact) mass is 273 g/mol. The number of aromatic nitrogens is 2. The lowest BCUT2D eigenvalue weighted by Gasteiger charge is -2.24. The van der Waals surface area contributed by atoms with E-state index >= 15 is 0 Å². The maximum atomic E-state index is 12.0. The Morgan fingerprint density at radius 1 is 1.55 bits per heavy atom. The average molecular weight is 273 g/mol. The molecule has 0 saturated heterocycles. The van der Waals surface area contributed by atoms with Gasteiger partial charge in [-0.15, -0.1) is 0 Å². The third-order valence-electron chi connectivity index (χ3n) is 3.57. The number of carbonyl (C=O) groups excluding carboxylic acids is 1. The molecule has 0 aromatic carbocycles. The van der Waals surface area contributed by atoms with Crippen LogP contribution < -0.4 is 10.9 Å². The molecule has 0 fully saturated rings. The zero-order chi connectivity index (χ0) is 14.1. The van der Waals surface area contributed by atoms with Crippen molar-refractivity contribution >= 4 is 5.91 Å². The lowest BCUT2D eigenvalue weighted by atomic mass is 9.92. The molecule has 20 heavy (non-hydrogen) atoms. The summed E-state index contributed by atoms with van der Waals surface area (Å²) in [4.78, 5) is 23.6. The second-order valence-electron chi connectivity index (χ2n) is 5.00. The molecule has 1 N–H and O–H groups in total. The van der Waals surface area contributed by atoms with Crippen LogP contribution in [-0.2, 0) is 19.9 Å². The van der Waals surface area contributed by atoms with Gasteiger partial charge >= 0.3 is 0 Å². The van der Waals surface area contributed by atoms with E-state index in [4.69, 9.17) is 4.42 Å². The fraction of sp³-hybridized carbons (Fsp3) is 0.357.